The third kappa shape index (κ3) is 3.64. The Balaban J connectivity index is 1.44. The van der Waals surface area contributed by atoms with Gasteiger partial charge in [0.2, 0.25) is 5.43 Å². The first-order valence-corrected chi connectivity index (χ1v) is 14.2. The summed E-state index contributed by atoms with van der Waals surface area (Å²) in [6.07, 6.45) is 0. The smallest absolute Gasteiger partial charge is 0.200 e. The van der Waals surface area contributed by atoms with E-state index in [0.717, 1.165) is 27.9 Å². The van der Waals surface area contributed by atoms with Gasteiger partial charge < -0.3 is 8.98 Å². The largest absolute Gasteiger partial charge is 0.456 e. The van der Waals surface area contributed by atoms with Gasteiger partial charge in [-0.3, -0.25) is 4.79 Å². The first-order chi connectivity index (χ1) is 20.6. The fourth-order valence-electron chi connectivity index (χ4n) is 6.46. The zero-order chi connectivity index (χ0) is 28.4. The predicted molar refractivity (Wildman–Crippen MR) is 175 cm³/mol. The van der Waals surface area contributed by atoms with Crippen LogP contribution in [0.25, 0.3) is 71.7 Å². The van der Waals surface area contributed by atoms with Crippen molar-refractivity contribution in [1.29, 1.82) is 0 Å². The average molecular weight is 542 g/mol. The number of fused-ring (bicyclic) bond motifs is 5. The van der Waals surface area contributed by atoms with Gasteiger partial charge in [0.15, 0.2) is 0 Å². The quantitative estimate of drug-likeness (QED) is 0.209. The van der Waals surface area contributed by atoms with Gasteiger partial charge in [0, 0.05) is 16.5 Å². The van der Waals surface area contributed by atoms with Gasteiger partial charge in [0.05, 0.1) is 21.8 Å². The standard InChI is InChI=1S/C39H27NO2/c1-24-10-8-15-30-31-16-9-11-25(2)38(31)40(37(24)30)28-19-21-29(26-12-4-3-5-13-26)34(23-28)27-18-20-33-36(22-27)42-35-17-7-6-14-32(35)39(33)41/h3-23H,1-2H3. The van der Waals surface area contributed by atoms with Crippen molar-refractivity contribution in [1.82, 2.24) is 4.57 Å². The Labute approximate surface area is 242 Å². The highest BCUT2D eigenvalue weighted by Crippen LogP contribution is 2.39. The van der Waals surface area contributed by atoms with Crippen LogP contribution < -0.4 is 5.43 Å². The zero-order valence-corrected chi connectivity index (χ0v) is 23.4. The highest BCUT2D eigenvalue weighted by Gasteiger charge is 2.18. The van der Waals surface area contributed by atoms with Gasteiger partial charge in [-0.25, -0.2) is 0 Å². The summed E-state index contributed by atoms with van der Waals surface area (Å²) in [5.74, 6) is 0. The molecule has 2 aromatic heterocycles. The number of aromatic nitrogens is 1. The number of nitrogens with zero attached hydrogens (tertiary/aromatic N) is 1. The number of hydrogen-bond donors (Lipinski definition) is 0. The van der Waals surface area contributed by atoms with Crippen LogP contribution in [0.3, 0.4) is 0 Å². The third-order valence-electron chi connectivity index (χ3n) is 8.45. The summed E-state index contributed by atoms with van der Waals surface area (Å²) in [6.45, 7) is 4.37. The second kappa shape index (κ2) is 9.32. The van der Waals surface area contributed by atoms with E-state index in [1.54, 1.807) is 0 Å². The number of aryl methyl sites for hydroxylation is 2. The summed E-state index contributed by atoms with van der Waals surface area (Å²) >= 11 is 0. The monoisotopic (exact) mass is 541 g/mol. The maximum atomic E-state index is 13.3. The number of rotatable bonds is 3. The van der Waals surface area contributed by atoms with E-state index in [1.165, 1.54) is 32.9 Å². The summed E-state index contributed by atoms with van der Waals surface area (Å²) in [5.41, 5.74) is 11.5. The molecule has 3 heteroatoms. The Bertz CT molecular complexity index is 2330. The maximum Gasteiger partial charge on any atom is 0.200 e. The molecule has 0 aliphatic carbocycles. The van der Waals surface area contributed by atoms with Gasteiger partial charge in [-0.15, -0.1) is 0 Å². The highest BCUT2D eigenvalue weighted by molar-refractivity contribution is 6.11. The van der Waals surface area contributed by atoms with Crippen molar-refractivity contribution >= 4 is 43.7 Å². The van der Waals surface area contributed by atoms with Crippen LogP contribution in [0.2, 0.25) is 0 Å². The van der Waals surface area contributed by atoms with Crippen LogP contribution >= 0.6 is 0 Å². The molecule has 0 N–H and O–H groups in total. The van der Waals surface area contributed by atoms with Gasteiger partial charge in [-0.05, 0) is 83.6 Å². The molecular formula is C39H27NO2. The van der Waals surface area contributed by atoms with Gasteiger partial charge in [-0.2, -0.15) is 0 Å². The third-order valence-corrected chi connectivity index (χ3v) is 8.45. The second-order valence-corrected chi connectivity index (χ2v) is 11.0. The molecule has 0 amide bonds. The van der Waals surface area contributed by atoms with E-state index in [4.69, 9.17) is 4.42 Å². The SMILES string of the molecule is Cc1cccc2c3cccc(C)c3n(-c3ccc(-c4ccccc4)c(-c4ccc5c(=O)c6ccccc6oc5c4)c3)c12. The fourth-order valence-corrected chi connectivity index (χ4v) is 6.46. The lowest BCUT2D eigenvalue weighted by molar-refractivity contribution is 0.660. The van der Waals surface area contributed by atoms with E-state index in [1.807, 2.05) is 48.5 Å². The molecule has 42 heavy (non-hydrogen) atoms. The Kier molecular flexibility index (Phi) is 5.41. The average Bonchev–Trinajstić information content (AvgIpc) is 3.38. The summed E-state index contributed by atoms with van der Waals surface area (Å²) in [4.78, 5) is 13.3. The Hall–Kier alpha value is -5.41. The van der Waals surface area contributed by atoms with Crippen LogP contribution in [0.4, 0.5) is 0 Å². The van der Waals surface area contributed by atoms with E-state index in [-0.39, 0.29) is 5.43 Å². The van der Waals surface area contributed by atoms with E-state index >= 15 is 0 Å². The van der Waals surface area contributed by atoms with Crippen molar-refractivity contribution in [2.45, 2.75) is 13.8 Å². The lowest BCUT2D eigenvalue weighted by atomic mass is 9.93. The molecule has 0 unspecified atom stereocenters. The molecule has 0 aliphatic heterocycles. The van der Waals surface area contributed by atoms with Gasteiger partial charge in [-0.1, -0.05) is 91.0 Å². The molecule has 0 aliphatic rings. The predicted octanol–water partition coefficient (Wildman–Crippen LogP) is 9.99. The van der Waals surface area contributed by atoms with E-state index < -0.39 is 0 Å². The van der Waals surface area contributed by atoms with Crippen LogP contribution in [0.1, 0.15) is 11.1 Å². The minimum Gasteiger partial charge on any atom is -0.456 e. The maximum absolute atomic E-state index is 13.3. The van der Waals surface area contributed by atoms with E-state index in [9.17, 15) is 4.79 Å². The molecule has 0 radical (unpaired) electrons. The van der Waals surface area contributed by atoms with Crippen LogP contribution in [0, 0.1) is 13.8 Å². The molecule has 8 aromatic rings. The Morgan fingerprint density at radius 3 is 1.88 bits per heavy atom. The molecule has 0 saturated heterocycles. The summed E-state index contributed by atoms with van der Waals surface area (Å²) in [5, 5.41) is 3.69. The van der Waals surface area contributed by atoms with Gasteiger partial charge in [0.25, 0.3) is 0 Å². The van der Waals surface area contributed by atoms with Crippen LogP contribution in [-0.4, -0.2) is 4.57 Å². The number of hydrogen-bond acceptors (Lipinski definition) is 2. The molecule has 2 heterocycles. The van der Waals surface area contributed by atoms with Gasteiger partial charge in [0.1, 0.15) is 11.2 Å². The van der Waals surface area contributed by atoms with Crippen molar-refractivity contribution < 1.29 is 4.42 Å². The van der Waals surface area contributed by atoms with Crippen molar-refractivity contribution in [2.24, 2.45) is 0 Å². The van der Waals surface area contributed by atoms with Crippen molar-refractivity contribution in [3.8, 4) is 27.9 Å². The summed E-state index contributed by atoms with van der Waals surface area (Å²) in [7, 11) is 0. The zero-order valence-electron chi connectivity index (χ0n) is 23.4. The second-order valence-electron chi connectivity index (χ2n) is 11.0. The molecule has 6 aromatic carbocycles. The molecule has 0 fully saturated rings. The van der Waals surface area contributed by atoms with Crippen LogP contribution in [-0.2, 0) is 0 Å². The first-order valence-electron chi connectivity index (χ1n) is 14.2. The molecule has 0 saturated carbocycles. The molecule has 200 valence electrons. The van der Waals surface area contributed by atoms with Crippen molar-refractivity contribution in [2.75, 3.05) is 0 Å². The van der Waals surface area contributed by atoms with Crippen molar-refractivity contribution in [3.63, 3.8) is 0 Å². The van der Waals surface area contributed by atoms with E-state index in [2.05, 4.69) is 97.3 Å². The van der Waals surface area contributed by atoms with Crippen molar-refractivity contribution in [3.05, 3.63) is 149 Å². The van der Waals surface area contributed by atoms with E-state index in [0.29, 0.717) is 21.9 Å². The number of para-hydroxylation sites is 3. The fraction of sp³-hybridized carbons (Fsp3) is 0.0513. The normalized spacial score (nSPS) is 11.7. The molecule has 8 rings (SSSR count). The lowest BCUT2D eigenvalue weighted by Crippen LogP contribution is -2.02. The number of benzene rings is 6. The van der Waals surface area contributed by atoms with Gasteiger partial charge >= 0.3 is 0 Å². The first kappa shape index (κ1) is 24.4. The molecule has 0 atom stereocenters. The highest BCUT2D eigenvalue weighted by atomic mass is 16.3. The summed E-state index contributed by atoms with van der Waals surface area (Å²) < 4.78 is 8.68. The summed E-state index contributed by atoms with van der Waals surface area (Å²) in [6, 6.07) is 43.6. The minimum atomic E-state index is -0.00772. The van der Waals surface area contributed by atoms with Crippen LogP contribution in [0.5, 0.6) is 0 Å². The van der Waals surface area contributed by atoms with Crippen LogP contribution in [0.15, 0.2) is 137 Å². The molecule has 0 bridgehead atoms. The lowest BCUT2D eigenvalue weighted by Gasteiger charge is -2.16. The molecule has 3 nitrogen and oxygen atoms in total. The Morgan fingerprint density at radius 2 is 1.14 bits per heavy atom. The Morgan fingerprint density at radius 1 is 0.500 bits per heavy atom. The molecular weight excluding hydrogens is 514 g/mol. The molecule has 0 spiro atoms. The topological polar surface area (TPSA) is 35.1 Å². The minimum absolute atomic E-state index is 0.00772.